The molecule has 31 heavy (non-hydrogen) atoms. The Balaban J connectivity index is 1.60. The molecule has 2 aromatic carbocycles. The summed E-state index contributed by atoms with van der Waals surface area (Å²) in [5, 5.41) is 17.7. The largest absolute Gasteiger partial charge is 0.389 e. The van der Waals surface area contributed by atoms with Crippen LogP contribution in [-0.4, -0.2) is 41.5 Å². The summed E-state index contributed by atoms with van der Waals surface area (Å²) in [6.07, 6.45) is 0.715. The summed E-state index contributed by atoms with van der Waals surface area (Å²) in [4.78, 5) is 0. The predicted octanol–water partition coefficient (Wildman–Crippen LogP) is 4.33. The van der Waals surface area contributed by atoms with Gasteiger partial charge in [-0.2, -0.15) is 0 Å². The van der Waals surface area contributed by atoms with Crippen molar-refractivity contribution in [2.75, 3.05) is 13.2 Å². The number of hydrogen-bond donors (Lipinski definition) is 3. The lowest BCUT2D eigenvalue weighted by atomic mass is 9.79. The fourth-order valence-corrected chi connectivity index (χ4v) is 4.70. The van der Waals surface area contributed by atoms with Crippen LogP contribution in [0, 0.1) is 11.6 Å². The van der Waals surface area contributed by atoms with Gasteiger partial charge >= 0.3 is 0 Å². The molecule has 0 saturated carbocycles. The molecule has 1 aliphatic heterocycles. The third kappa shape index (κ3) is 7.07. The average molecular weight is 433 g/mol. The van der Waals surface area contributed by atoms with Crippen LogP contribution >= 0.6 is 0 Å². The second kappa shape index (κ2) is 9.74. The number of ether oxygens (including phenoxy) is 1. The van der Waals surface area contributed by atoms with Gasteiger partial charge in [0.15, 0.2) is 0 Å². The number of halogens is 2. The molecule has 0 unspecified atom stereocenters. The van der Waals surface area contributed by atoms with E-state index in [4.69, 9.17) is 4.74 Å². The van der Waals surface area contributed by atoms with Gasteiger partial charge in [-0.15, -0.1) is 0 Å². The summed E-state index contributed by atoms with van der Waals surface area (Å²) in [7, 11) is 0. The van der Waals surface area contributed by atoms with Crippen molar-refractivity contribution in [1.82, 2.24) is 10.6 Å². The fraction of sp³-hybridized carbons (Fsp3) is 0.520. The Labute approximate surface area is 184 Å². The summed E-state index contributed by atoms with van der Waals surface area (Å²) in [6, 6.07) is 12.4. The minimum absolute atomic E-state index is 0.0249. The molecule has 1 heterocycles. The summed E-state index contributed by atoms with van der Waals surface area (Å²) in [5.41, 5.74) is 1.54. The standard InChI is InChI=1S/C25H34F2N2O2/c1-24(2)13-21(14-25(3,4)29-24)28-15-22(30)16-31-23(17-5-9-19(26)10-6-17)18-7-11-20(27)12-8-18/h5-12,21-23,28-30H,13-16H2,1-4H3/t22-/m0/s1. The van der Waals surface area contributed by atoms with Crippen LogP contribution in [0.3, 0.4) is 0 Å². The molecule has 0 spiro atoms. The van der Waals surface area contributed by atoms with Crippen LogP contribution in [0.4, 0.5) is 8.78 Å². The molecule has 1 aliphatic rings. The summed E-state index contributed by atoms with van der Waals surface area (Å²) in [5.74, 6) is -0.669. The number of piperidine rings is 1. The van der Waals surface area contributed by atoms with Crippen molar-refractivity contribution in [3.8, 4) is 0 Å². The maximum Gasteiger partial charge on any atom is 0.123 e. The van der Waals surface area contributed by atoms with Gasteiger partial charge in [0.05, 0.1) is 12.7 Å². The highest BCUT2D eigenvalue weighted by Crippen LogP contribution is 2.29. The van der Waals surface area contributed by atoms with Gasteiger partial charge in [0, 0.05) is 23.7 Å². The van der Waals surface area contributed by atoms with Crippen molar-refractivity contribution in [2.45, 2.75) is 69.9 Å². The molecule has 1 atom stereocenters. The average Bonchev–Trinajstić information content (AvgIpc) is 2.67. The molecule has 2 aromatic rings. The summed E-state index contributed by atoms with van der Waals surface area (Å²) in [6.45, 7) is 9.28. The highest BCUT2D eigenvalue weighted by molar-refractivity contribution is 5.30. The van der Waals surface area contributed by atoms with Crippen LogP contribution in [0.1, 0.15) is 57.8 Å². The number of aliphatic hydroxyl groups excluding tert-OH is 1. The lowest BCUT2D eigenvalue weighted by Crippen LogP contribution is -2.62. The molecule has 0 aromatic heterocycles. The molecule has 0 aliphatic carbocycles. The molecule has 0 radical (unpaired) electrons. The number of hydrogen-bond acceptors (Lipinski definition) is 4. The summed E-state index contributed by atoms with van der Waals surface area (Å²) < 4.78 is 32.8. The van der Waals surface area contributed by atoms with Gasteiger partial charge in [-0.25, -0.2) is 8.78 Å². The van der Waals surface area contributed by atoms with Gasteiger partial charge in [-0.3, -0.25) is 0 Å². The van der Waals surface area contributed by atoms with Crippen LogP contribution in [0.15, 0.2) is 48.5 Å². The van der Waals surface area contributed by atoms with Crippen molar-refractivity contribution in [2.24, 2.45) is 0 Å². The third-order valence-corrected chi connectivity index (χ3v) is 5.63. The van der Waals surface area contributed by atoms with Crippen LogP contribution in [0.25, 0.3) is 0 Å². The minimum atomic E-state index is -0.704. The van der Waals surface area contributed by atoms with Crippen molar-refractivity contribution < 1.29 is 18.6 Å². The monoisotopic (exact) mass is 432 g/mol. The normalized spacial score (nSPS) is 19.5. The molecule has 3 rings (SSSR count). The van der Waals surface area contributed by atoms with E-state index in [0.717, 1.165) is 24.0 Å². The molecule has 3 N–H and O–H groups in total. The first kappa shape index (κ1) is 23.8. The quantitative estimate of drug-likeness (QED) is 0.581. The van der Waals surface area contributed by atoms with Crippen molar-refractivity contribution in [3.63, 3.8) is 0 Å². The van der Waals surface area contributed by atoms with E-state index < -0.39 is 12.2 Å². The van der Waals surface area contributed by atoms with Gasteiger partial charge in [0.2, 0.25) is 0 Å². The van der Waals surface area contributed by atoms with E-state index in [9.17, 15) is 13.9 Å². The second-order valence-electron chi connectivity index (χ2n) is 9.88. The molecule has 1 saturated heterocycles. The molecule has 0 amide bonds. The predicted molar refractivity (Wildman–Crippen MR) is 119 cm³/mol. The van der Waals surface area contributed by atoms with Crippen LogP contribution in [-0.2, 0) is 4.74 Å². The maximum absolute atomic E-state index is 13.4. The zero-order valence-electron chi connectivity index (χ0n) is 18.8. The van der Waals surface area contributed by atoms with Crippen molar-refractivity contribution >= 4 is 0 Å². The van der Waals surface area contributed by atoms with E-state index in [1.807, 2.05) is 0 Å². The van der Waals surface area contributed by atoms with Crippen molar-refractivity contribution in [3.05, 3.63) is 71.3 Å². The van der Waals surface area contributed by atoms with E-state index in [1.54, 1.807) is 24.3 Å². The third-order valence-electron chi connectivity index (χ3n) is 5.63. The zero-order valence-corrected chi connectivity index (χ0v) is 18.8. The number of benzene rings is 2. The van der Waals surface area contributed by atoms with Crippen LogP contribution < -0.4 is 10.6 Å². The highest BCUT2D eigenvalue weighted by atomic mass is 19.1. The first-order valence-corrected chi connectivity index (χ1v) is 10.9. The van der Waals surface area contributed by atoms with E-state index >= 15 is 0 Å². The van der Waals surface area contributed by atoms with Gasteiger partial charge in [0.1, 0.15) is 17.7 Å². The topological polar surface area (TPSA) is 53.5 Å². The van der Waals surface area contributed by atoms with Gasteiger partial charge in [0.25, 0.3) is 0 Å². The maximum atomic E-state index is 13.4. The summed E-state index contributed by atoms with van der Waals surface area (Å²) >= 11 is 0. The van der Waals surface area contributed by atoms with Crippen molar-refractivity contribution in [1.29, 1.82) is 0 Å². The molecular formula is C25H34F2N2O2. The Kier molecular flexibility index (Phi) is 7.47. The lowest BCUT2D eigenvalue weighted by molar-refractivity contribution is 0.00376. The number of nitrogens with one attached hydrogen (secondary N) is 2. The zero-order chi connectivity index (χ0) is 22.6. The molecular weight excluding hydrogens is 398 g/mol. The Morgan fingerprint density at radius 2 is 1.39 bits per heavy atom. The Hall–Kier alpha value is -1.86. The second-order valence-corrected chi connectivity index (χ2v) is 9.88. The minimum Gasteiger partial charge on any atom is -0.389 e. The van der Waals surface area contributed by atoms with E-state index in [2.05, 4.69) is 38.3 Å². The first-order chi connectivity index (χ1) is 14.5. The SMILES string of the molecule is CC1(C)CC(NC[C@H](O)COC(c2ccc(F)cc2)c2ccc(F)cc2)CC(C)(C)N1. The lowest BCUT2D eigenvalue weighted by Gasteiger charge is -2.47. The first-order valence-electron chi connectivity index (χ1n) is 10.9. The smallest absolute Gasteiger partial charge is 0.123 e. The molecule has 6 heteroatoms. The van der Waals surface area contributed by atoms with Gasteiger partial charge in [-0.1, -0.05) is 24.3 Å². The number of aliphatic hydroxyl groups is 1. The fourth-order valence-electron chi connectivity index (χ4n) is 4.70. The van der Waals surface area contributed by atoms with E-state index in [-0.39, 0.29) is 29.3 Å². The van der Waals surface area contributed by atoms with E-state index in [1.165, 1.54) is 24.3 Å². The number of rotatable bonds is 8. The Morgan fingerprint density at radius 1 is 0.935 bits per heavy atom. The molecule has 170 valence electrons. The molecule has 1 fully saturated rings. The van der Waals surface area contributed by atoms with Crippen LogP contribution in [0.2, 0.25) is 0 Å². The van der Waals surface area contributed by atoms with Crippen LogP contribution in [0.5, 0.6) is 0 Å². The van der Waals surface area contributed by atoms with Gasteiger partial charge < -0.3 is 20.5 Å². The Morgan fingerprint density at radius 3 is 1.84 bits per heavy atom. The molecule has 0 bridgehead atoms. The highest BCUT2D eigenvalue weighted by Gasteiger charge is 2.37. The van der Waals surface area contributed by atoms with Gasteiger partial charge in [-0.05, 0) is 75.9 Å². The van der Waals surface area contributed by atoms with E-state index in [0.29, 0.717) is 12.6 Å². The Bertz CT molecular complexity index is 776. The molecule has 4 nitrogen and oxygen atoms in total.